The molecule has 3 rings (SSSR count). The van der Waals surface area contributed by atoms with Crippen molar-refractivity contribution < 1.29 is 9.90 Å². The van der Waals surface area contributed by atoms with Crippen molar-refractivity contribution in [2.75, 3.05) is 0 Å². The van der Waals surface area contributed by atoms with Crippen LogP contribution in [0.25, 0.3) is 11.0 Å². The molecule has 1 aromatic carbocycles. The predicted octanol–water partition coefficient (Wildman–Crippen LogP) is 2.02. The lowest BCUT2D eigenvalue weighted by molar-refractivity contribution is 0.0697. The number of fused-ring (bicyclic) bond motifs is 1. The van der Waals surface area contributed by atoms with Crippen LogP contribution in [0.3, 0.4) is 0 Å². The van der Waals surface area contributed by atoms with Gasteiger partial charge >= 0.3 is 5.97 Å². The zero-order valence-electron chi connectivity index (χ0n) is 11.9. The van der Waals surface area contributed by atoms with Crippen molar-refractivity contribution >= 4 is 17.0 Å². The van der Waals surface area contributed by atoms with Gasteiger partial charge in [0.05, 0.1) is 16.6 Å². The summed E-state index contributed by atoms with van der Waals surface area (Å²) in [6.07, 6.45) is 2.59. The van der Waals surface area contributed by atoms with Gasteiger partial charge in [0.1, 0.15) is 5.82 Å². The molecule has 1 N–H and O–H groups in total. The Morgan fingerprint density at radius 1 is 1.33 bits per heavy atom. The molecule has 2 heterocycles. The number of aromatic nitrogens is 4. The van der Waals surface area contributed by atoms with Gasteiger partial charge in [0, 0.05) is 31.9 Å². The fraction of sp³-hybridized carbons (Fsp3) is 0.267. The second-order valence-electron chi connectivity index (χ2n) is 5.02. The standard InChI is InChI=1S/C15H16N4O2/c1-10-17-13-4-3-11(15(20)21)9-14(13)19(10)8-6-12-5-7-16-18(12)2/h3-5,7,9H,6,8H2,1-2H3,(H,20,21). The van der Waals surface area contributed by atoms with Gasteiger partial charge in [0.15, 0.2) is 0 Å². The summed E-state index contributed by atoms with van der Waals surface area (Å²) in [4.78, 5) is 15.6. The number of aromatic carboxylic acids is 1. The van der Waals surface area contributed by atoms with Gasteiger partial charge in [-0.1, -0.05) is 0 Å². The molecule has 0 unspecified atom stereocenters. The van der Waals surface area contributed by atoms with Gasteiger partial charge in [-0.05, 0) is 31.2 Å². The minimum absolute atomic E-state index is 0.282. The predicted molar refractivity (Wildman–Crippen MR) is 78.3 cm³/mol. The third-order valence-corrected chi connectivity index (χ3v) is 3.70. The highest BCUT2D eigenvalue weighted by Crippen LogP contribution is 2.18. The van der Waals surface area contributed by atoms with E-state index in [2.05, 4.69) is 14.6 Å². The Morgan fingerprint density at radius 2 is 2.14 bits per heavy atom. The highest BCUT2D eigenvalue weighted by Gasteiger charge is 2.11. The Morgan fingerprint density at radius 3 is 2.81 bits per heavy atom. The number of hydrogen-bond acceptors (Lipinski definition) is 3. The number of carboxylic acids is 1. The molecule has 6 heteroatoms. The monoisotopic (exact) mass is 284 g/mol. The average molecular weight is 284 g/mol. The number of carboxylic acid groups (broad SMARTS) is 1. The molecule has 0 aliphatic heterocycles. The number of imidazole rings is 1. The van der Waals surface area contributed by atoms with Gasteiger partial charge in [-0.25, -0.2) is 9.78 Å². The normalized spacial score (nSPS) is 11.1. The van der Waals surface area contributed by atoms with Crippen LogP contribution in [0, 0.1) is 6.92 Å². The van der Waals surface area contributed by atoms with E-state index in [9.17, 15) is 4.79 Å². The molecule has 0 aliphatic carbocycles. The molecule has 0 fully saturated rings. The van der Waals surface area contributed by atoms with Crippen LogP contribution in [0.15, 0.2) is 30.5 Å². The van der Waals surface area contributed by atoms with Crippen molar-refractivity contribution in [3.8, 4) is 0 Å². The summed E-state index contributed by atoms with van der Waals surface area (Å²) in [6.45, 7) is 2.68. The summed E-state index contributed by atoms with van der Waals surface area (Å²) in [5.41, 5.74) is 3.09. The second kappa shape index (κ2) is 5.05. The first-order valence-corrected chi connectivity index (χ1v) is 6.73. The molecular formula is C15H16N4O2. The maximum Gasteiger partial charge on any atom is 0.335 e. The van der Waals surface area contributed by atoms with Crippen LogP contribution >= 0.6 is 0 Å². The first-order valence-electron chi connectivity index (χ1n) is 6.73. The van der Waals surface area contributed by atoms with Gasteiger partial charge in [0.2, 0.25) is 0 Å². The maximum atomic E-state index is 11.1. The average Bonchev–Trinajstić information content (AvgIpc) is 2.98. The molecule has 0 aliphatic rings. The van der Waals surface area contributed by atoms with Crippen molar-refractivity contribution in [2.45, 2.75) is 19.9 Å². The molecule has 6 nitrogen and oxygen atoms in total. The van der Waals surface area contributed by atoms with Crippen LogP contribution in [0.1, 0.15) is 21.9 Å². The van der Waals surface area contributed by atoms with Crippen molar-refractivity contribution in [2.24, 2.45) is 7.05 Å². The van der Waals surface area contributed by atoms with E-state index in [0.29, 0.717) is 0 Å². The van der Waals surface area contributed by atoms with Crippen LogP contribution in [0.5, 0.6) is 0 Å². The molecule has 0 saturated heterocycles. The minimum atomic E-state index is -0.922. The van der Waals surface area contributed by atoms with Gasteiger partial charge in [-0.15, -0.1) is 0 Å². The molecule has 0 radical (unpaired) electrons. The molecule has 0 bridgehead atoms. The van der Waals surface area contributed by atoms with Crippen LogP contribution in [-0.4, -0.2) is 30.4 Å². The Labute approximate surface area is 121 Å². The van der Waals surface area contributed by atoms with Crippen LogP contribution < -0.4 is 0 Å². The number of aryl methyl sites for hydroxylation is 4. The van der Waals surface area contributed by atoms with Crippen molar-refractivity contribution in [1.29, 1.82) is 0 Å². The molecule has 0 atom stereocenters. The van der Waals surface area contributed by atoms with E-state index >= 15 is 0 Å². The van der Waals surface area contributed by atoms with Gasteiger partial charge in [-0.2, -0.15) is 5.10 Å². The molecule has 0 amide bonds. The molecule has 0 spiro atoms. The Bertz CT molecular complexity index is 816. The fourth-order valence-electron chi connectivity index (χ4n) is 2.53. The number of carbonyl (C=O) groups is 1. The van der Waals surface area contributed by atoms with E-state index in [1.807, 2.05) is 24.7 Å². The Hall–Kier alpha value is -2.63. The number of hydrogen-bond donors (Lipinski definition) is 1. The fourth-order valence-corrected chi connectivity index (χ4v) is 2.53. The zero-order valence-corrected chi connectivity index (χ0v) is 11.9. The Kier molecular flexibility index (Phi) is 3.21. The lowest BCUT2D eigenvalue weighted by Crippen LogP contribution is -2.07. The largest absolute Gasteiger partial charge is 0.478 e. The molecule has 0 saturated carbocycles. The first-order chi connectivity index (χ1) is 10.1. The van der Waals surface area contributed by atoms with Crippen LogP contribution in [-0.2, 0) is 20.0 Å². The van der Waals surface area contributed by atoms with E-state index in [-0.39, 0.29) is 5.56 Å². The molecule has 21 heavy (non-hydrogen) atoms. The zero-order chi connectivity index (χ0) is 15.0. The first kappa shape index (κ1) is 13.4. The van der Waals surface area contributed by atoms with E-state index in [4.69, 9.17) is 5.11 Å². The van der Waals surface area contributed by atoms with E-state index in [1.165, 1.54) is 0 Å². The highest BCUT2D eigenvalue weighted by atomic mass is 16.4. The lowest BCUT2D eigenvalue weighted by atomic mass is 10.2. The van der Waals surface area contributed by atoms with Gasteiger partial charge in [-0.3, -0.25) is 4.68 Å². The van der Waals surface area contributed by atoms with E-state index in [1.54, 1.807) is 24.4 Å². The molecular weight excluding hydrogens is 268 g/mol. The quantitative estimate of drug-likeness (QED) is 0.795. The third-order valence-electron chi connectivity index (χ3n) is 3.70. The Balaban J connectivity index is 1.97. The summed E-state index contributed by atoms with van der Waals surface area (Å²) in [7, 11) is 1.91. The topological polar surface area (TPSA) is 72.9 Å². The van der Waals surface area contributed by atoms with Crippen molar-refractivity contribution in [3.05, 3.63) is 47.5 Å². The summed E-state index contributed by atoms with van der Waals surface area (Å²) in [6, 6.07) is 7.01. The SMILES string of the molecule is Cc1nc2ccc(C(=O)O)cc2n1CCc1ccnn1C. The molecule has 2 aromatic heterocycles. The van der Waals surface area contributed by atoms with Gasteiger partial charge < -0.3 is 9.67 Å². The minimum Gasteiger partial charge on any atom is -0.478 e. The summed E-state index contributed by atoms with van der Waals surface area (Å²) < 4.78 is 3.89. The molecule has 108 valence electrons. The van der Waals surface area contributed by atoms with E-state index in [0.717, 1.165) is 35.5 Å². The van der Waals surface area contributed by atoms with Crippen molar-refractivity contribution in [1.82, 2.24) is 19.3 Å². The maximum absolute atomic E-state index is 11.1. The van der Waals surface area contributed by atoms with Crippen LogP contribution in [0.4, 0.5) is 0 Å². The summed E-state index contributed by atoms with van der Waals surface area (Å²) in [5.74, 6) is -0.0383. The van der Waals surface area contributed by atoms with Crippen LogP contribution in [0.2, 0.25) is 0 Å². The third kappa shape index (κ3) is 2.40. The summed E-state index contributed by atoms with van der Waals surface area (Å²) in [5, 5.41) is 13.3. The molecule has 3 aromatic rings. The smallest absolute Gasteiger partial charge is 0.335 e. The highest BCUT2D eigenvalue weighted by molar-refractivity contribution is 5.92. The number of benzene rings is 1. The van der Waals surface area contributed by atoms with Crippen molar-refractivity contribution in [3.63, 3.8) is 0 Å². The number of rotatable bonds is 4. The number of nitrogens with zero attached hydrogens (tertiary/aromatic N) is 4. The van der Waals surface area contributed by atoms with Gasteiger partial charge in [0.25, 0.3) is 0 Å². The van der Waals surface area contributed by atoms with E-state index < -0.39 is 5.97 Å². The lowest BCUT2D eigenvalue weighted by Gasteiger charge is -2.07. The second-order valence-corrected chi connectivity index (χ2v) is 5.02. The summed E-state index contributed by atoms with van der Waals surface area (Å²) >= 11 is 0.